The maximum Gasteiger partial charge on any atom is 0.133 e. The van der Waals surface area contributed by atoms with Crippen LogP contribution in [0.1, 0.15) is 25.5 Å². The van der Waals surface area contributed by atoms with E-state index in [0.717, 1.165) is 11.3 Å². The van der Waals surface area contributed by atoms with Crippen LogP contribution in [0.5, 0.6) is 5.75 Å². The van der Waals surface area contributed by atoms with Crippen molar-refractivity contribution in [2.45, 2.75) is 26.0 Å². The molecule has 0 aliphatic rings. The van der Waals surface area contributed by atoms with Crippen molar-refractivity contribution in [3.63, 3.8) is 0 Å². The van der Waals surface area contributed by atoms with Gasteiger partial charge in [0.2, 0.25) is 0 Å². The Morgan fingerprint density at radius 2 is 1.86 bits per heavy atom. The molecule has 0 heterocycles. The van der Waals surface area contributed by atoms with Gasteiger partial charge in [0.25, 0.3) is 0 Å². The summed E-state index contributed by atoms with van der Waals surface area (Å²) < 4.78 is 5.50. The van der Waals surface area contributed by atoms with E-state index in [1.165, 1.54) is 0 Å². The van der Waals surface area contributed by atoms with Gasteiger partial charge in [0.1, 0.15) is 11.8 Å². The SMILES string of the molecule is CC(C)Oc1ccc([C@@H]([NH3+])CO)cc1. The smallest absolute Gasteiger partial charge is 0.133 e. The number of aliphatic hydroxyl groups excluding tert-OH is 1. The van der Waals surface area contributed by atoms with Gasteiger partial charge in [0, 0.05) is 5.56 Å². The molecule has 1 atom stereocenters. The van der Waals surface area contributed by atoms with E-state index in [1.54, 1.807) is 0 Å². The fourth-order valence-corrected chi connectivity index (χ4v) is 1.20. The number of aliphatic hydroxyl groups is 1. The molecule has 1 aromatic carbocycles. The number of quaternary nitrogens is 1. The molecule has 0 bridgehead atoms. The normalized spacial score (nSPS) is 12.9. The predicted octanol–water partition coefficient (Wildman–Crippen LogP) is 0.749. The van der Waals surface area contributed by atoms with Gasteiger partial charge < -0.3 is 15.6 Å². The largest absolute Gasteiger partial charge is 0.491 e. The average Bonchev–Trinajstić information content (AvgIpc) is 2.17. The van der Waals surface area contributed by atoms with Gasteiger partial charge in [-0.05, 0) is 38.1 Å². The summed E-state index contributed by atoms with van der Waals surface area (Å²) in [7, 11) is 0. The molecule has 0 saturated heterocycles. The van der Waals surface area contributed by atoms with E-state index < -0.39 is 0 Å². The summed E-state index contributed by atoms with van der Waals surface area (Å²) in [6, 6.07) is 7.63. The van der Waals surface area contributed by atoms with Crippen molar-refractivity contribution in [3.05, 3.63) is 29.8 Å². The zero-order valence-electron chi connectivity index (χ0n) is 8.73. The van der Waals surface area contributed by atoms with Crippen molar-refractivity contribution in [3.8, 4) is 5.75 Å². The van der Waals surface area contributed by atoms with Crippen LogP contribution in [0.4, 0.5) is 0 Å². The van der Waals surface area contributed by atoms with Crippen molar-refractivity contribution in [1.29, 1.82) is 0 Å². The second-order valence-corrected chi connectivity index (χ2v) is 3.62. The Morgan fingerprint density at radius 3 is 2.29 bits per heavy atom. The van der Waals surface area contributed by atoms with Gasteiger partial charge >= 0.3 is 0 Å². The zero-order valence-corrected chi connectivity index (χ0v) is 8.73. The molecule has 3 heteroatoms. The number of benzene rings is 1. The summed E-state index contributed by atoms with van der Waals surface area (Å²) in [5.41, 5.74) is 4.86. The summed E-state index contributed by atoms with van der Waals surface area (Å²) in [4.78, 5) is 0. The van der Waals surface area contributed by atoms with Gasteiger partial charge in [-0.1, -0.05) is 0 Å². The minimum Gasteiger partial charge on any atom is -0.491 e. The van der Waals surface area contributed by atoms with Crippen molar-refractivity contribution in [2.75, 3.05) is 6.61 Å². The fraction of sp³-hybridized carbons (Fsp3) is 0.455. The van der Waals surface area contributed by atoms with Crippen molar-refractivity contribution in [2.24, 2.45) is 0 Å². The third kappa shape index (κ3) is 3.01. The van der Waals surface area contributed by atoms with Gasteiger partial charge in [-0.25, -0.2) is 0 Å². The first-order chi connectivity index (χ1) is 6.63. The summed E-state index contributed by atoms with van der Waals surface area (Å²) in [6.45, 7) is 4.06. The minimum atomic E-state index is -0.0527. The van der Waals surface area contributed by atoms with Crippen LogP contribution in [0.25, 0.3) is 0 Å². The van der Waals surface area contributed by atoms with Crippen molar-refractivity contribution >= 4 is 0 Å². The third-order valence-corrected chi connectivity index (χ3v) is 1.94. The molecule has 0 fully saturated rings. The lowest BCUT2D eigenvalue weighted by Crippen LogP contribution is -2.55. The number of ether oxygens (including phenoxy) is 1. The Balaban J connectivity index is 2.68. The number of hydrogen-bond donors (Lipinski definition) is 2. The second-order valence-electron chi connectivity index (χ2n) is 3.62. The third-order valence-electron chi connectivity index (χ3n) is 1.94. The highest BCUT2D eigenvalue weighted by Gasteiger charge is 2.07. The Labute approximate surface area is 84.5 Å². The first kappa shape index (κ1) is 11.0. The van der Waals surface area contributed by atoms with Gasteiger partial charge in [-0.15, -0.1) is 0 Å². The van der Waals surface area contributed by atoms with E-state index >= 15 is 0 Å². The van der Waals surface area contributed by atoms with Gasteiger partial charge in [-0.2, -0.15) is 0 Å². The first-order valence-electron chi connectivity index (χ1n) is 4.84. The van der Waals surface area contributed by atoms with Crippen LogP contribution in [0.2, 0.25) is 0 Å². The number of rotatable bonds is 4. The van der Waals surface area contributed by atoms with Crippen LogP contribution in [0.3, 0.4) is 0 Å². The van der Waals surface area contributed by atoms with E-state index in [-0.39, 0.29) is 18.8 Å². The minimum absolute atomic E-state index is 0.0527. The molecule has 0 amide bonds. The molecule has 3 nitrogen and oxygen atoms in total. The molecule has 0 aliphatic carbocycles. The highest BCUT2D eigenvalue weighted by Crippen LogP contribution is 2.16. The molecule has 0 aromatic heterocycles. The molecular weight excluding hydrogens is 178 g/mol. The molecule has 1 rings (SSSR count). The molecule has 0 aliphatic heterocycles. The van der Waals surface area contributed by atoms with Crippen LogP contribution < -0.4 is 10.5 Å². The highest BCUT2D eigenvalue weighted by molar-refractivity contribution is 5.28. The monoisotopic (exact) mass is 196 g/mol. The van der Waals surface area contributed by atoms with Gasteiger partial charge in [0.05, 0.1) is 12.7 Å². The summed E-state index contributed by atoms with van der Waals surface area (Å²) in [5.74, 6) is 0.855. The maximum absolute atomic E-state index is 8.91. The quantitative estimate of drug-likeness (QED) is 0.746. The Hall–Kier alpha value is -1.06. The van der Waals surface area contributed by atoms with Crippen LogP contribution in [-0.2, 0) is 0 Å². The zero-order chi connectivity index (χ0) is 10.6. The molecule has 1 aromatic rings. The molecule has 0 spiro atoms. The highest BCUT2D eigenvalue weighted by atomic mass is 16.5. The summed E-state index contributed by atoms with van der Waals surface area (Å²) in [5, 5.41) is 8.91. The molecule has 0 radical (unpaired) electrons. The molecule has 0 unspecified atom stereocenters. The second kappa shape index (κ2) is 4.98. The van der Waals surface area contributed by atoms with E-state index in [4.69, 9.17) is 9.84 Å². The average molecular weight is 196 g/mol. The van der Waals surface area contributed by atoms with Gasteiger partial charge in [-0.3, -0.25) is 0 Å². The van der Waals surface area contributed by atoms with Crippen LogP contribution >= 0.6 is 0 Å². The molecule has 0 saturated carbocycles. The lowest BCUT2D eigenvalue weighted by atomic mass is 10.1. The predicted molar refractivity (Wildman–Crippen MR) is 54.9 cm³/mol. The summed E-state index contributed by atoms with van der Waals surface area (Å²) >= 11 is 0. The van der Waals surface area contributed by atoms with Crippen molar-refractivity contribution in [1.82, 2.24) is 0 Å². The Morgan fingerprint density at radius 1 is 1.29 bits per heavy atom. The molecule has 78 valence electrons. The Kier molecular flexibility index (Phi) is 3.92. The Bertz CT molecular complexity index is 269. The fourth-order valence-electron chi connectivity index (χ4n) is 1.20. The topological polar surface area (TPSA) is 57.1 Å². The van der Waals surface area contributed by atoms with Crippen LogP contribution in [0, 0.1) is 0 Å². The van der Waals surface area contributed by atoms with E-state index in [0.29, 0.717) is 0 Å². The standard InChI is InChI=1S/C11H17NO2/c1-8(2)14-10-5-3-9(4-6-10)11(12)7-13/h3-6,8,11,13H,7,12H2,1-2H3/p+1/t11-/m0/s1. The van der Waals surface area contributed by atoms with Crippen LogP contribution in [0.15, 0.2) is 24.3 Å². The van der Waals surface area contributed by atoms with E-state index in [1.807, 2.05) is 38.1 Å². The summed E-state index contributed by atoms with van der Waals surface area (Å²) in [6.07, 6.45) is 0.189. The molecular formula is C11H18NO2+. The van der Waals surface area contributed by atoms with E-state index in [9.17, 15) is 0 Å². The molecule has 14 heavy (non-hydrogen) atoms. The van der Waals surface area contributed by atoms with Gasteiger partial charge in [0.15, 0.2) is 0 Å². The van der Waals surface area contributed by atoms with E-state index in [2.05, 4.69) is 5.73 Å². The van der Waals surface area contributed by atoms with Crippen LogP contribution in [-0.4, -0.2) is 17.8 Å². The lowest BCUT2D eigenvalue weighted by Gasteiger charge is -2.10. The first-order valence-corrected chi connectivity index (χ1v) is 4.84. The maximum atomic E-state index is 8.91. The number of hydrogen-bond acceptors (Lipinski definition) is 2. The van der Waals surface area contributed by atoms with Crippen molar-refractivity contribution < 1.29 is 15.6 Å². The lowest BCUT2D eigenvalue weighted by molar-refractivity contribution is -0.432. The molecule has 4 N–H and O–H groups in total.